The first-order chi connectivity index (χ1) is 10.4. The van der Waals surface area contributed by atoms with Gasteiger partial charge >= 0.3 is 0 Å². The molecule has 0 radical (unpaired) electrons. The van der Waals surface area contributed by atoms with Gasteiger partial charge in [0, 0.05) is 31.6 Å². The molecular weight excluding hydrogens is 276 g/mol. The molecule has 0 aliphatic rings. The second-order valence-electron chi connectivity index (χ2n) is 6.46. The Hall–Kier alpha value is -1.84. The number of carbonyl (C=O) groups is 2. The summed E-state index contributed by atoms with van der Waals surface area (Å²) in [5, 5.41) is 2.80. The van der Waals surface area contributed by atoms with Crippen LogP contribution in [-0.4, -0.2) is 36.3 Å². The van der Waals surface area contributed by atoms with Gasteiger partial charge in [-0.3, -0.25) is 9.59 Å². The molecule has 4 heteroatoms. The fraction of sp³-hybridized carbons (Fsp3) is 0.556. The van der Waals surface area contributed by atoms with E-state index in [1.165, 1.54) is 0 Å². The van der Waals surface area contributed by atoms with Gasteiger partial charge in [0.2, 0.25) is 5.91 Å². The molecule has 1 aromatic carbocycles. The van der Waals surface area contributed by atoms with Crippen molar-refractivity contribution in [3.63, 3.8) is 0 Å². The summed E-state index contributed by atoms with van der Waals surface area (Å²) in [6.07, 6.45) is 0.345. The van der Waals surface area contributed by atoms with Crippen molar-refractivity contribution in [3.05, 3.63) is 35.9 Å². The van der Waals surface area contributed by atoms with Crippen molar-refractivity contribution in [1.82, 2.24) is 10.2 Å². The molecule has 0 heterocycles. The highest BCUT2D eigenvalue weighted by Gasteiger charge is 2.16. The van der Waals surface area contributed by atoms with Crippen LogP contribution in [0, 0.1) is 11.8 Å². The Morgan fingerprint density at radius 1 is 1.00 bits per heavy atom. The fourth-order valence-electron chi connectivity index (χ4n) is 2.29. The van der Waals surface area contributed by atoms with E-state index in [0.717, 1.165) is 13.1 Å². The number of amides is 2. The first-order valence-corrected chi connectivity index (χ1v) is 8.01. The van der Waals surface area contributed by atoms with E-state index in [9.17, 15) is 9.59 Å². The number of hydrogen-bond donors (Lipinski definition) is 1. The highest BCUT2D eigenvalue weighted by molar-refractivity contribution is 5.94. The third-order valence-corrected chi connectivity index (χ3v) is 3.18. The van der Waals surface area contributed by atoms with Crippen LogP contribution in [0.25, 0.3) is 0 Å². The molecule has 4 nitrogen and oxygen atoms in total. The highest BCUT2D eigenvalue weighted by atomic mass is 16.2. The summed E-state index contributed by atoms with van der Waals surface area (Å²) in [5.74, 6) is 0.867. The number of nitrogens with one attached hydrogen (secondary N) is 1. The molecule has 1 rings (SSSR count). The first kappa shape index (κ1) is 18.2. The maximum Gasteiger partial charge on any atom is 0.251 e. The lowest BCUT2D eigenvalue weighted by atomic mass is 10.1. The smallest absolute Gasteiger partial charge is 0.251 e. The van der Waals surface area contributed by atoms with Gasteiger partial charge in [-0.1, -0.05) is 45.9 Å². The quantitative estimate of drug-likeness (QED) is 0.803. The Labute approximate surface area is 133 Å². The van der Waals surface area contributed by atoms with Gasteiger partial charge in [-0.15, -0.1) is 0 Å². The van der Waals surface area contributed by atoms with Gasteiger partial charge in [0.1, 0.15) is 0 Å². The summed E-state index contributed by atoms with van der Waals surface area (Å²) >= 11 is 0. The molecule has 0 saturated heterocycles. The van der Waals surface area contributed by atoms with E-state index >= 15 is 0 Å². The lowest BCUT2D eigenvalue weighted by Crippen LogP contribution is -2.39. The molecule has 0 fully saturated rings. The van der Waals surface area contributed by atoms with Crippen molar-refractivity contribution in [2.45, 2.75) is 34.1 Å². The van der Waals surface area contributed by atoms with Crippen molar-refractivity contribution in [1.29, 1.82) is 0 Å². The van der Waals surface area contributed by atoms with E-state index in [1.807, 2.05) is 23.1 Å². The minimum atomic E-state index is -0.132. The predicted molar refractivity (Wildman–Crippen MR) is 89.6 cm³/mol. The van der Waals surface area contributed by atoms with Crippen LogP contribution in [0.4, 0.5) is 0 Å². The van der Waals surface area contributed by atoms with E-state index in [1.54, 1.807) is 12.1 Å². The van der Waals surface area contributed by atoms with Crippen LogP contribution in [-0.2, 0) is 4.79 Å². The maximum atomic E-state index is 12.3. The topological polar surface area (TPSA) is 49.4 Å². The Kier molecular flexibility index (Phi) is 7.64. The monoisotopic (exact) mass is 304 g/mol. The van der Waals surface area contributed by atoms with Crippen molar-refractivity contribution in [2.24, 2.45) is 11.8 Å². The molecule has 0 atom stereocenters. The average molecular weight is 304 g/mol. The van der Waals surface area contributed by atoms with E-state index in [0.29, 0.717) is 30.4 Å². The summed E-state index contributed by atoms with van der Waals surface area (Å²) in [4.78, 5) is 26.1. The molecule has 1 aromatic rings. The van der Waals surface area contributed by atoms with Crippen LogP contribution < -0.4 is 5.32 Å². The van der Waals surface area contributed by atoms with Crippen molar-refractivity contribution in [2.75, 3.05) is 19.6 Å². The molecule has 2 amide bonds. The minimum absolute atomic E-state index is 0.107. The molecule has 0 aromatic heterocycles. The van der Waals surface area contributed by atoms with Crippen LogP contribution >= 0.6 is 0 Å². The number of nitrogens with zero attached hydrogens (tertiary/aromatic N) is 1. The van der Waals surface area contributed by atoms with Gasteiger partial charge in [-0.2, -0.15) is 0 Å². The number of hydrogen-bond acceptors (Lipinski definition) is 2. The zero-order valence-electron chi connectivity index (χ0n) is 14.1. The second-order valence-corrected chi connectivity index (χ2v) is 6.46. The number of benzene rings is 1. The summed E-state index contributed by atoms with van der Waals surface area (Å²) in [6.45, 7) is 10.3. The molecule has 22 heavy (non-hydrogen) atoms. The molecule has 0 aliphatic heterocycles. The largest absolute Gasteiger partial charge is 0.352 e. The first-order valence-electron chi connectivity index (χ1n) is 8.01. The summed E-state index contributed by atoms with van der Waals surface area (Å²) in [6, 6.07) is 9.05. The molecule has 0 aliphatic carbocycles. The van der Waals surface area contributed by atoms with Gasteiger partial charge < -0.3 is 10.2 Å². The van der Waals surface area contributed by atoms with Gasteiger partial charge in [0.25, 0.3) is 5.91 Å². The SMILES string of the molecule is CC(C)CN(CC(C)C)C(=O)CCNC(=O)c1ccccc1. The van der Waals surface area contributed by atoms with Crippen LogP contribution in [0.2, 0.25) is 0 Å². The van der Waals surface area contributed by atoms with Crippen LogP contribution in [0.1, 0.15) is 44.5 Å². The minimum Gasteiger partial charge on any atom is -0.352 e. The normalized spacial score (nSPS) is 10.8. The van der Waals surface area contributed by atoms with E-state index < -0.39 is 0 Å². The second kappa shape index (κ2) is 9.23. The summed E-state index contributed by atoms with van der Waals surface area (Å²) < 4.78 is 0. The number of carbonyl (C=O) groups excluding carboxylic acids is 2. The molecule has 1 N–H and O–H groups in total. The van der Waals surface area contributed by atoms with Gasteiger partial charge in [0.15, 0.2) is 0 Å². The molecule has 0 spiro atoms. The molecule has 122 valence electrons. The van der Waals surface area contributed by atoms with Gasteiger partial charge in [0.05, 0.1) is 0 Å². The van der Waals surface area contributed by atoms with Crippen molar-refractivity contribution < 1.29 is 9.59 Å². The molecule has 0 saturated carbocycles. The Morgan fingerprint density at radius 3 is 2.05 bits per heavy atom. The van der Waals surface area contributed by atoms with Gasteiger partial charge in [-0.05, 0) is 24.0 Å². The Bertz CT molecular complexity index is 459. The van der Waals surface area contributed by atoms with Crippen LogP contribution in [0.5, 0.6) is 0 Å². The van der Waals surface area contributed by atoms with Crippen LogP contribution in [0.15, 0.2) is 30.3 Å². The van der Waals surface area contributed by atoms with E-state index in [-0.39, 0.29) is 11.8 Å². The fourth-order valence-corrected chi connectivity index (χ4v) is 2.29. The zero-order valence-corrected chi connectivity index (χ0v) is 14.1. The maximum absolute atomic E-state index is 12.3. The molecular formula is C18H28N2O2. The van der Waals surface area contributed by atoms with E-state index in [4.69, 9.17) is 0 Å². The van der Waals surface area contributed by atoms with Gasteiger partial charge in [-0.25, -0.2) is 0 Å². The third-order valence-electron chi connectivity index (χ3n) is 3.18. The third kappa shape index (κ3) is 6.74. The van der Waals surface area contributed by atoms with Crippen LogP contribution in [0.3, 0.4) is 0 Å². The Morgan fingerprint density at radius 2 is 1.55 bits per heavy atom. The van der Waals surface area contributed by atoms with Crippen molar-refractivity contribution in [3.8, 4) is 0 Å². The number of rotatable bonds is 8. The lowest BCUT2D eigenvalue weighted by molar-refractivity contribution is -0.132. The molecule has 0 bridgehead atoms. The zero-order chi connectivity index (χ0) is 16.5. The van der Waals surface area contributed by atoms with Crippen molar-refractivity contribution >= 4 is 11.8 Å². The lowest BCUT2D eigenvalue weighted by Gasteiger charge is -2.26. The molecule has 0 unspecified atom stereocenters. The summed E-state index contributed by atoms with van der Waals surface area (Å²) in [5.41, 5.74) is 0.621. The van der Waals surface area contributed by atoms with E-state index in [2.05, 4.69) is 33.0 Å². The Balaban J connectivity index is 2.44. The predicted octanol–water partition coefficient (Wildman–Crippen LogP) is 2.95. The summed E-state index contributed by atoms with van der Waals surface area (Å²) in [7, 11) is 0. The standard InChI is InChI=1S/C18H28N2O2/c1-14(2)12-20(13-15(3)4)17(21)10-11-19-18(22)16-8-6-5-7-9-16/h5-9,14-15H,10-13H2,1-4H3,(H,19,22). The highest BCUT2D eigenvalue weighted by Crippen LogP contribution is 2.06. The average Bonchev–Trinajstić information content (AvgIpc) is 2.46.